The normalized spacial score (nSPS) is 22.6. The molecule has 2 rings (SSSR count). The molecule has 0 spiro atoms. The summed E-state index contributed by atoms with van der Waals surface area (Å²) in [5.41, 5.74) is 1.35. The minimum Gasteiger partial charge on any atom is -0.392 e. The van der Waals surface area contributed by atoms with Crippen molar-refractivity contribution in [2.45, 2.75) is 33.3 Å². The Kier molecular flexibility index (Phi) is 3.27. The Bertz CT molecular complexity index is 490. The first-order valence-electron chi connectivity index (χ1n) is 6.24. The van der Waals surface area contributed by atoms with Crippen molar-refractivity contribution < 1.29 is 5.11 Å². The Morgan fingerprint density at radius 2 is 2.22 bits per heavy atom. The van der Waals surface area contributed by atoms with Crippen molar-refractivity contribution in [3.63, 3.8) is 0 Å². The minimum atomic E-state index is -0.269. The molecule has 2 heterocycles. The van der Waals surface area contributed by atoms with Gasteiger partial charge in [0.2, 0.25) is 0 Å². The van der Waals surface area contributed by atoms with Crippen molar-refractivity contribution in [2.24, 2.45) is 5.41 Å². The monoisotopic (exact) mass is 245 g/mol. The molecule has 1 aromatic heterocycles. The number of pyridine rings is 1. The third-order valence-corrected chi connectivity index (χ3v) is 3.57. The maximum absolute atomic E-state index is 9.96. The SMILES string of the molecule is Cc1cc(C#N)cc(N2CCC(O)C(C)(C)C2)n1. The molecule has 0 saturated carbocycles. The quantitative estimate of drug-likeness (QED) is 0.820. The molecule has 4 nitrogen and oxygen atoms in total. The van der Waals surface area contributed by atoms with Gasteiger partial charge in [0.25, 0.3) is 0 Å². The van der Waals surface area contributed by atoms with E-state index in [0.29, 0.717) is 5.56 Å². The summed E-state index contributed by atoms with van der Waals surface area (Å²) in [7, 11) is 0. The second-order valence-corrected chi connectivity index (χ2v) is 5.68. The zero-order chi connectivity index (χ0) is 13.3. The van der Waals surface area contributed by atoms with Crippen molar-refractivity contribution in [2.75, 3.05) is 18.0 Å². The highest BCUT2D eigenvalue weighted by atomic mass is 16.3. The molecule has 1 aliphatic rings. The summed E-state index contributed by atoms with van der Waals surface area (Å²) in [6.07, 6.45) is 0.471. The van der Waals surface area contributed by atoms with Gasteiger partial charge in [0.05, 0.1) is 17.7 Å². The van der Waals surface area contributed by atoms with Gasteiger partial charge in [0, 0.05) is 24.2 Å². The van der Waals surface area contributed by atoms with Crippen LogP contribution in [0.3, 0.4) is 0 Å². The van der Waals surface area contributed by atoms with Gasteiger partial charge in [-0.05, 0) is 25.5 Å². The Balaban J connectivity index is 2.28. The lowest BCUT2D eigenvalue weighted by Crippen LogP contribution is -2.49. The first-order valence-corrected chi connectivity index (χ1v) is 6.24. The van der Waals surface area contributed by atoms with Gasteiger partial charge >= 0.3 is 0 Å². The third-order valence-electron chi connectivity index (χ3n) is 3.57. The highest BCUT2D eigenvalue weighted by Gasteiger charge is 2.35. The highest BCUT2D eigenvalue weighted by molar-refractivity contribution is 5.47. The first kappa shape index (κ1) is 12.8. The molecule has 0 amide bonds. The van der Waals surface area contributed by atoms with Gasteiger partial charge in [-0.3, -0.25) is 0 Å². The summed E-state index contributed by atoms with van der Waals surface area (Å²) in [5.74, 6) is 0.839. The molecule has 1 N–H and O–H groups in total. The molecule has 0 aromatic carbocycles. The zero-order valence-electron chi connectivity index (χ0n) is 11.1. The van der Waals surface area contributed by atoms with Crippen LogP contribution in [0.4, 0.5) is 5.82 Å². The number of aliphatic hydroxyl groups excluding tert-OH is 1. The molecule has 1 aliphatic heterocycles. The Labute approximate surface area is 108 Å². The lowest BCUT2D eigenvalue weighted by Gasteiger charge is -2.42. The number of hydrogen-bond donors (Lipinski definition) is 1. The van der Waals surface area contributed by atoms with Crippen LogP contribution in [0.15, 0.2) is 12.1 Å². The molecular formula is C14H19N3O. The summed E-state index contributed by atoms with van der Waals surface area (Å²) in [4.78, 5) is 6.64. The number of aliphatic hydroxyl groups is 1. The van der Waals surface area contributed by atoms with Gasteiger partial charge in [0.1, 0.15) is 5.82 Å². The minimum absolute atomic E-state index is 0.142. The molecule has 1 aromatic rings. The molecule has 1 fully saturated rings. The van der Waals surface area contributed by atoms with Gasteiger partial charge < -0.3 is 10.0 Å². The number of hydrogen-bond acceptors (Lipinski definition) is 4. The van der Waals surface area contributed by atoms with Crippen LogP contribution in [0.2, 0.25) is 0 Å². The van der Waals surface area contributed by atoms with Gasteiger partial charge in [-0.25, -0.2) is 4.98 Å². The van der Waals surface area contributed by atoms with Gasteiger partial charge in [-0.2, -0.15) is 5.26 Å². The largest absolute Gasteiger partial charge is 0.392 e. The number of rotatable bonds is 1. The Morgan fingerprint density at radius 3 is 2.83 bits per heavy atom. The number of aromatic nitrogens is 1. The first-order chi connectivity index (χ1) is 8.42. The van der Waals surface area contributed by atoms with Crippen LogP contribution >= 0.6 is 0 Å². The molecule has 0 aliphatic carbocycles. The second kappa shape index (κ2) is 4.58. The summed E-state index contributed by atoms with van der Waals surface area (Å²) in [6, 6.07) is 5.77. The van der Waals surface area contributed by atoms with Gasteiger partial charge in [-0.15, -0.1) is 0 Å². The van der Waals surface area contributed by atoms with Crippen LogP contribution in [0.25, 0.3) is 0 Å². The molecule has 18 heavy (non-hydrogen) atoms. The van der Waals surface area contributed by atoms with Crippen LogP contribution in [0.5, 0.6) is 0 Å². The van der Waals surface area contributed by atoms with Crippen LogP contribution in [-0.2, 0) is 0 Å². The van der Waals surface area contributed by atoms with Crippen LogP contribution in [-0.4, -0.2) is 29.3 Å². The van der Waals surface area contributed by atoms with E-state index in [-0.39, 0.29) is 11.5 Å². The van der Waals surface area contributed by atoms with Crippen LogP contribution in [0, 0.1) is 23.7 Å². The van der Waals surface area contributed by atoms with Crippen molar-refractivity contribution >= 4 is 5.82 Å². The average Bonchev–Trinajstić information content (AvgIpc) is 2.31. The molecule has 1 saturated heterocycles. The van der Waals surface area contributed by atoms with Crippen molar-refractivity contribution in [3.8, 4) is 6.07 Å². The van der Waals surface area contributed by atoms with E-state index >= 15 is 0 Å². The lowest BCUT2D eigenvalue weighted by atomic mass is 9.81. The number of anilines is 1. The van der Waals surface area contributed by atoms with Crippen molar-refractivity contribution in [1.82, 2.24) is 4.98 Å². The zero-order valence-corrected chi connectivity index (χ0v) is 11.1. The number of aryl methyl sites for hydroxylation is 1. The van der Waals surface area contributed by atoms with E-state index in [1.54, 1.807) is 6.07 Å². The van der Waals surface area contributed by atoms with E-state index in [0.717, 1.165) is 31.0 Å². The fraction of sp³-hybridized carbons (Fsp3) is 0.571. The maximum Gasteiger partial charge on any atom is 0.130 e. The van der Waals surface area contributed by atoms with Crippen molar-refractivity contribution in [3.05, 3.63) is 23.4 Å². The molecule has 1 unspecified atom stereocenters. The molecular weight excluding hydrogens is 226 g/mol. The molecule has 96 valence electrons. The molecule has 0 bridgehead atoms. The fourth-order valence-electron chi connectivity index (χ4n) is 2.42. The molecule has 0 radical (unpaired) electrons. The smallest absolute Gasteiger partial charge is 0.130 e. The maximum atomic E-state index is 9.96. The summed E-state index contributed by atoms with van der Waals surface area (Å²) >= 11 is 0. The standard InChI is InChI=1S/C14H19N3O/c1-10-6-11(8-15)7-13(16-10)17-5-4-12(18)14(2,3)9-17/h6-7,12,18H,4-5,9H2,1-3H3. The summed E-state index contributed by atoms with van der Waals surface area (Å²) in [5, 5.41) is 19.0. The molecule has 1 atom stereocenters. The number of piperidine rings is 1. The topological polar surface area (TPSA) is 60.2 Å². The number of nitriles is 1. The fourth-order valence-corrected chi connectivity index (χ4v) is 2.42. The number of nitrogens with zero attached hydrogens (tertiary/aromatic N) is 3. The predicted octanol–water partition coefficient (Wildman–Crippen LogP) is 1.86. The average molecular weight is 245 g/mol. The van der Waals surface area contributed by atoms with Crippen LogP contribution < -0.4 is 4.90 Å². The predicted molar refractivity (Wildman–Crippen MR) is 70.3 cm³/mol. The van der Waals surface area contributed by atoms with E-state index in [4.69, 9.17) is 5.26 Å². The summed E-state index contributed by atoms with van der Waals surface area (Å²) in [6.45, 7) is 7.56. The Morgan fingerprint density at radius 1 is 1.50 bits per heavy atom. The second-order valence-electron chi connectivity index (χ2n) is 5.68. The molecule has 4 heteroatoms. The summed E-state index contributed by atoms with van der Waals surface area (Å²) < 4.78 is 0. The highest BCUT2D eigenvalue weighted by Crippen LogP contribution is 2.31. The lowest BCUT2D eigenvalue weighted by molar-refractivity contribution is 0.0334. The van der Waals surface area contributed by atoms with Gasteiger partial charge in [0.15, 0.2) is 0 Å². The van der Waals surface area contributed by atoms with Crippen LogP contribution in [0.1, 0.15) is 31.5 Å². The van der Waals surface area contributed by atoms with E-state index in [1.165, 1.54) is 0 Å². The van der Waals surface area contributed by atoms with E-state index in [2.05, 4.69) is 29.8 Å². The van der Waals surface area contributed by atoms with Crippen molar-refractivity contribution in [1.29, 1.82) is 5.26 Å². The third kappa shape index (κ3) is 2.46. The Hall–Kier alpha value is -1.60. The van der Waals surface area contributed by atoms with E-state index < -0.39 is 0 Å². The van der Waals surface area contributed by atoms with E-state index in [9.17, 15) is 5.11 Å². The van der Waals surface area contributed by atoms with Gasteiger partial charge in [-0.1, -0.05) is 13.8 Å². The van der Waals surface area contributed by atoms with E-state index in [1.807, 2.05) is 13.0 Å².